The van der Waals surface area contributed by atoms with Crippen molar-refractivity contribution in [3.8, 4) is 0 Å². The number of benzene rings is 1. The lowest BCUT2D eigenvalue weighted by atomic mass is 10.1. The Balaban J connectivity index is 1.95. The Bertz CT molecular complexity index is 994. The van der Waals surface area contributed by atoms with Gasteiger partial charge in [0.1, 0.15) is 17.0 Å². The third-order valence-corrected chi connectivity index (χ3v) is 5.19. The van der Waals surface area contributed by atoms with Crippen LogP contribution in [0, 0.1) is 5.82 Å². The van der Waals surface area contributed by atoms with E-state index in [0.29, 0.717) is 5.39 Å². The number of amides is 1. The zero-order valence-electron chi connectivity index (χ0n) is 13.8. The summed E-state index contributed by atoms with van der Waals surface area (Å²) in [6.45, 7) is 4.70. The molecule has 0 saturated heterocycles. The normalized spacial score (nSPS) is 16.6. The molecule has 1 aromatic carbocycles. The lowest BCUT2D eigenvalue weighted by Crippen LogP contribution is -2.23. The van der Waals surface area contributed by atoms with Crippen LogP contribution in [0.5, 0.6) is 0 Å². The maximum Gasteiger partial charge on any atom is 0.221 e. The van der Waals surface area contributed by atoms with Crippen molar-refractivity contribution in [3.05, 3.63) is 23.6 Å². The molecule has 0 aliphatic carbocycles. The quantitative estimate of drug-likeness (QED) is 0.889. The number of carbonyl (C=O) groups excluding carboxylic acids is 1. The van der Waals surface area contributed by atoms with E-state index in [4.69, 9.17) is 9.36 Å². The van der Waals surface area contributed by atoms with Gasteiger partial charge in [0.05, 0.1) is 5.69 Å². The molecule has 1 aliphatic heterocycles. The SMILES string of the molecule is CC(=O)Nc1cc2c(CS(=O)(=O)C3=NOC(C)(C)C3)noc2cc1F. The summed E-state index contributed by atoms with van der Waals surface area (Å²) in [6, 6.07) is 2.34. The van der Waals surface area contributed by atoms with E-state index < -0.39 is 32.9 Å². The molecule has 1 N–H and O–H groups in total. The lowest BCUT2D eigenvalue weighted by Gasteiger charge is -2.13. The first-order valence-electron chi connectivity index (χ1n) is 7.41. The van der Waals surface area contributed by atoms with Gasteiger partial charge in [0.25, 0.3) is 0 Å². The Hall–Kier alpha value is -2.49. The number of nitrogens with one attached hydrogen (secondary N) is 1. The van der Waals surface area contributed by atoms with Crippen LogP contribution in [0.4, 0.5) is 10.1 Å². The maximum atomic E-state index is 13.9. The predicted molar refractivity (Wildman–Crippen MR) is 88.1 cm³/mol. The maximum absolute atomic E-state index is 13.9. The molecule has 2 aromatic rings. The highest BCUT2D eigenvalue weighted by Gasteiger charge is 2.36. The van der Waals surface area contributed by atoms with Gasteiger partial charge in [-0.05, 0) is 19.9 Å². The first kappa shape index (κ1) is 17.3. The highest BCUT2D eigenvalue weighted by Crippen LogP contribution is 2.29. The Morgan fingerprint density at radius 2 is 2.12 bits per heavy atom. The van der Waals surface area contributed by atoms with Crippen LogP contribution in [-0.4, -0.2) is 30.1 Å². The van der Waals surface area contributed by atoms with Crippen LogP contribution < -0.4 is 5.32 Å². The summed E-state index contributed by atoms with van der Waals surface area (Å²) >= 11 is 0. The molecule has 0 radical (unpaired) electrons. The number of aromatic nitrogens is 1. The third-order valence-electron chi connectivity index (χ3n) is 3.60. The standard InChI is InChI=1S/C15H16FN3O5S/c1-8(20)17-11-4-9-12(18-23-13(9)5-10(11)16)7-25(21,22)14-6-15(2,3)24-19-14/h4-5H,6-7H2,1-3H3,(H,17,20). The van der Waals surface area contributed by atoms with Crippen molar-refractivity contribution < 1.29 is 27.0 Å². The summed E-state index contributed by atoms with van der Waals surface area (Å²) < 4.78 is 44.0. The fourth-order valence-electron chi connectivity index (χ4n) is 2.43. The largest absolute Gasteiger partial charge is 0.389 e. The van der Waals surface area contributed by atoms with Crippen molar-refractivity contribution in [2.24, 2.45) is 5.16 Å². The van der Waals surface area contributed by atoms with Crippen molar-refractivity contribution in [3.63, 3.8) is 0 Å². The average Bonchev–Trinajstić information content (AvgIpc) is 3.03. The van der Waals surface area contributed by atoms with Crippen molar-refractivity contribution in [2.45, 2.75) is 38.5 Å². The third kappa shape index (κ3) is 3.48. The van der Waals surface area contributed by atoms with Crippen LogP contribution >= 0.6 is 0 Å². The highest BCUT2D eigenvalue weighted by atomic mass is 32.2. The lowest BCUT2D eigenvalue weighted by molar-refractivity contribution is -0.114. The number of hydrogen-bond acceptors (Lipinski definition) is 7. The zero-order chi connectivity index (χ0) is 18.4. The molecule has 0 atom stereocenters. The van der Waals surface area contributed by atoms with Crippen LogP contribution in [-0.2, 0) is 25.2 Å². The summed E-state index contributed by atoms with van der Waals surface area (Å²) in [5.74, 6) is -1.63. The Morgan fingerprint density at radius 1 is 1.40 bits per heavy atom. The van der Waals surface area contributed by atoms with E-state index in [9.17, 15) is 17.6 Å². The Labute approximate surface area is 142 Å². The number of halogens is 1. The molecule has 2 heterocycles. The van der Waals surface area contributed by atoms with E-state index >= 15 is 0 Å². The van der Waals surface area contributed by atoms with E-state index in [1.54, 1.807) is 13.8 Å². The van der Waals surface area contributed by atoms with Crippen LogP contribution in [0.25, 0.3) is 11.0 Å². The van der Waals surface area contributed by atoms with Gasteiger partial charge in [0.15, 0.2) is 16.4 Å². The monoisotopic (exact) mass is 369 g/mol. The van der Waals surface area contributed by atoms with Gasteiger partial charge in [0.2, 0.25) is 15.7 Å². The average molecular weight is 369 g/mol. The predicted octanol–water partition coefficient (Wildman–Crippen LogP) is 2.35. The molecule has 0 saturated carbocycles. The van der Waals surface area contributed by atoms with Gasteiger partial charge in [-0.25, -0.2) is 12.8 Å². The second-order valence-electron chi connectivity index (χ2n) is 6.41. The fourth-order valence-corrected chi connectivity index (χ4v) is 3.89. The van der Waals surface area contributed by atoms with Crippen LogP contribution in [0.15, 0.2) is 21.8 Å². The minimum absolute atomic E-state index is 0.0714. The molecular formula is C15H16FN3O5S. The van der Waals surface area contributed by atoms with Gasteiger partial charge >= 0.3 is 0 Å². The highest BCUT2D eigenvalue weighted by molar-refractivity contribution is 8.05. The second kappa shape index (κ2) is 5.80. The van der Waals surface area contributed by atoms with Gasteiger partial charge < -0.3 is 14.7 Å². The molecule has 1 aromatic heterocycles. The minimum Gasteiger partial charge on any atom is -0.389 e. The van der Waals surface area contributed by atoms with Gasteiger partial charge in [-0.1, -0.05) is 10.3 Å². The van der Waals surface area contributed by atoms with Crippen LogP contribution in [0.1, 0.15) is 32.9 Å². The summed E-state index contributed by atoms with van der Waals surface area (Å²) in [7, 11) is -3.77. The molecular weight excluding hydrogens is 353 g/mol. The van der Waals surface area contributed by atoms with E-state index in [-0.39, 0.29) is 28.4 Å². The van der Waals surface area contributed by atoms with E-state index in [2.05, 4.69) is 15.6 Å². The van der Waals surface area contributed by atoms with E-state index in [1.165, 1.54) is 13.0 Å². The number of hydrogen-bond donors (Lipinski definition) is 1. The molecule has 10 heteroatoms. The molecule has 0 fully saturated rings. The summed E-state index contributed by atoms with van der Waals surface area (Å²) in [6.07, 6.45) is 0.150. The van der Waals surface area contributed by atoms with Gasteiger partial charge in [0, 0.05) is 24.8 Å². The smallest absolute Gasteiger partial charge is 0.221 e. The summed E-state index contributed by atoms with van der Waals surface area (Å²) in [5, 5.41) is 9.93. The first-order valence-corrected chi connectivity index (χ1v) is 9.06. The fraction of sp³-hybridized carbons (Fsp3) is 0.400. The molecule has 8 nitrogen and oxygen atoms in total. The Morgan fingerprint density at radius 3 is 2.72 bits per heavy atom. The van der Waals surface area contributed by atoms with Gasteiger partial charge in [-0.3, -0.25) is 4.79 Å². The van der Waals surface area contributed by atoms with Crippen molar-refractivity contribution in [1.29, 1.82) is 0 Å². The van der Waals surface area contributed by atoms with Crippen molar-refractivity contribution in [1.82, 2.24) is 5.16 Å². The molecule has 0 unspecified atom stereocenters. The molecule has 1 amide bonds. The van der Waals surface area contributed by atoms with Crippen molar-refractivity contribution >= 4 is 37.4 Å². The van der Waals surface area contributed by atoms with Gasteiger partial charge in [-0.2, -0.15) is 0 Å². The number of sulfone groups is 1. The number of oxime groups is 1. The number of anilines is 1. The summed E-state index contributed by atoms with van der Waals surface area (Å²) in [5.41, 5.74) is -0.573. The van der Waals surface area contributed by atoms with Crippen LogP contribution in [0.2, 0.25) is 0 Å². The van der Waals surface area contributed by atoms with E-state index in [1.807, 2.05) is 0 Å². The first-order chi connectivity index (χ1) is 11.6. The topological polar surface area (TPSA) is 111 Å². The van der Waals surface area contributed by atoms with Crippen molar-refractivity contribution in [2.75, 3.05) is 5.32 Å². The van der Waals surface area contributed by atoms with Gasteiger partial charge in [-0.15, -0.1) is 0 Å². The molecule has 1 aliphatic rings. The Kier molecular flexibility index (Phi) is 4.02. The number of rotatable bonds is 3. The number of carbonyl (C=O) groups is 1. The second-order valence-corrected chi connectivity index (χ2v) is 8.40. The van der Waals surface area contributed by atoms with Crippen LogP contribution in [0.3, 0.4) is 0 Å². The molecule has 134 valence electrons. The molecule has 25 heavy (non-hydrogen) atoms. The molecule has 0 spiro atoms. The number of fused-ring (bicyclic) bond motifs is 1. The zero-order valence-corrected chi connectivity index (χ0v) is 14.6. The number of nitrogens with zero attached hydrogens (tertiary/aromatic N) is 2. The molecule has 3 rings (SSSR count). The minimum atomic E-state index is -3.77. The van der Waals surface area contributed by atoms with E-state index in [0.717, 1.165) is 6.07 Å². The molecule has 0 bridgehead atoms. The summed E-state index contributed by atoms with van der Waals surface area (Å²) in [4.78, 5) is 16.2.